The van der Waals surface area contributed by atoms with Gasteiger partial charge in [-0.2, -0.15) is 8.61 Å². The van der Waals surface area contributed by atoms with E-state index in [1.807, 2.05) is 0 Å². The fraction of sp³-hybridized carbons (Fsp3) is 0.294. The van der Waals surface area contributed by atoms with Crippen LogP contribution in [-0.4, -0.2) is 51.6 Å². The van der Waals surface area contributed by atoms with Gasteiger partial charge >= 0.3 is 0 Å². The molecule has 2 aromatic rings. The quantitative estimate of drug-likeness (QED) is 0.668. The second-order valence-corrected chi connectivity index (χ2v) is 10.1. The highest BCUT2D eigenvalue weighted by Crippen LogP contribution is 2.25. The molecule has 158 valence electrons. The van der Waals surface area contributed by atoms with Gasteiger partial charge in [0, 0.05) is 38.3 Å². The van der Waals surface area contributed by atoms with Crippen molar-refractivity contribution in [1.82, 2.24) is 8.61 Å². The van der Waals surface area contributed by atoms with Gasteiger partial charge in [0.05, 0.1) is 0 Å². The van der Waals surface area contributed by atoms with Crippen molar-refractivity contribution in [2.75, 3.05) is 26.2 Å². The normalized spacial score (nSPS) is 17.2. The van der Waals surface area contributed by atoms with Crippen LogP contribution in [0, 0.1) is 23.3 Å². The molecule has 1 saturated heterocycles. The molecule has 3 rings (SSSR count). The third kappa shape index (κ3) is 4.29. The topological polar surface area (TPSA) is 74.8 Å². The molecule has 12 heteroatoms. The largest absolute Gasteiger partial charge is 0.246 e. The van der Waals surface area contributed by atoms with Crippen LogP contribution in [0.2, 0.25) is 0 Å². The molecule has 0 aliphatic carbocycles. The zero-order valence-corrected chi connectivity index (χ0v) is 16.5. The van der Waals surface area contributed by atoms with Crippen LogP contribution < -0.4 is 0 Å². The molecule has 0 radical (unpaired) electrons. The van der Waals surface area contributed by atoms with Crippen molar-refractivity contribution in [3.8, 4) is 0 Å². The first kappa shape index (κ1) is 21.7. The predicted octanol–water partition coefficient (Wildman–Crippen LogP) is 2.33. The molecule has 0 saturated carbocycles. The van der Waals surface area contributed by atoms with E-state index in [1.54, 1.807) is 0 Å². The summed E-state index contributed by atoms with van der Waals surface area (Å²) < 4.78 is 107. The molecular weight excluding hydrogens is 436 g/mol. The van der Waals surface area contributed by atoms with Crippen LogP contribution in [0.25, 0.3) is 0 Å². The Morgan fingerprint density at radius 1 is 0.621 bits per heavy atom. The van der Waals surface area contributed by atoms with Crippen molar-refractivity contribution in [2.24, 2.45) is 0 Å². The zero-order valence-electron chi connectivity index (χ0n) is 14.9. The summed E-state index contributed by atoms with van der Waals surface area (Å²) in [4.78, 5) is -1.44. The highest BCUT2D eigenvalue weighted by molar-refractivity contribution is 7.89. The third-order valence-electron chi connectivity index (χ3n) is 4.44. The smallest absolute Gasteiger partial charge is 0.207 e. The van der Waals surface area contributed by atoms with E-state index in [1.165, 1.54) is 0 Å². The van der Waals surface area contributed by atoms with Crippen LogP contribution in [-0.2, 0) is 20.0 Å². The van der Waals surface area contributed by atoms with E-state index in [-0.39, 0.29) is 32.6 Å². The predicted molar refractivity (Wildman–Crippen MR) is 94.9 cm³/mol. The first-order chi connectivity index (χ1) is 13.5. The van der Waals surface area contributed by atoms with Crippen molar-refractivity contribution in [2.45, 2.75) is 16.2 Å². The number of halogens is 4. The van der Waals surface area contributed by atoms with Gasteiger partial charge in [0.1, 0.15) is 33.1 Å². The Bertz CT molecular complexity index is 1050. The van der Waals surface area contributed by atoms with E-state index >= 15 is 0 Å². The number of rotatable bonds is 4. The maximum Gasteiger partial charge on any atom is 0.246 e. The first-order valence-electron chi connectivity index (χ1n) is 8.44. The molecule has 0 spiro atoms. The third-order valence-corrected chi connectivity index (χ3v) is 8.30. The van der Waals surface area contributed by atoms with Gasteiger partial charge in [-0.25, -0.2) is 34.4 Å². The van der Waals surface area contributed by atoms with Gasteiger partial charge < -0.3 is 0 Å². The van der Waals surface area contributed by atoms with Crippen LogP contribution in [0.1, 0.15) is 6.42 Å². The fourth-order valence-corrected chi connectivity index (χ4v) is 6.03. The van der Waals surface area contributed by atoms with E-state index in [0.717, 1.165) is 32.9 Å². The number of sulfonamides is 2. The lowest BCUT2D eigenvalue weighted by Gasteiger charge is -2.22. The van der Waals surface area contributed by atoms with Crippen LogP contribution in [0.3, 0.4) is 0 Å². The summed E-state index contributed by atoms with van der Waals surface area (Å²) >= 11 is 0. The summed E-state index contributed by atoms with van der Waals surface area (Å²) in [6, 6.07) is 4.10. The summed E-state index contributed by atoms with van der Waals surface area (Å²) in [5.41, 5.74) is 0. The van der Waals surface area contributed by atoms with Gasteiger partial charge in [-0.15, -0.1) is 0 Å². The zero-order chi connectivity index (χ0) is 21.4. The molecule has 0 N–H and O–H groups in total. The standard InChI is InChI=1S/C17H16F4N2O4S2/c18-12-2-4-16(14(20)10-12)28(24,25)22-6-1-7-23(9-8-22)29(26,27)17-5-3-13(19)11-15(17)21/h2-5,10-11H,1,6-9H2. The van der Waals surface area contributed by atoms with E-state index in [2.05, 4.69) is 0 Å². The van der Waals surface area contributed by atoms with Crippen molar-refractivity contribution >= 4 is 20.0 Å². The summed E-state index contributed by atoms with van der Waals surface area (Å²) in [5, 5.41) is 0. The van der Waals surface area contributed by atoms with Crippen LogP contribution in [0.15, 0.2) is 46.2 Å². The Balaban J connectivity index is 1.85. The molecule has 1 aliphatic rings. The minimum absolute atomic E-state index is 0.0596. The molecule has 1 heterocycles. The Hall–Kier alpha value is -2.02. The van der Waals surface area contributed by atoms with Gasteiger partial charge in [-0.1, -0.05) is 0 Å². The van der Waals surface area contributed by atoms with Crippen LogP contribution >= 0.6 is 0 Å². The van der Waals surface area contributed by atoms with Gasteiger partial charge in [0.2, 0.25) is 20.0 Å². The lowest BCUT2D eigenvalue weighted by Crippen LogP contribution is -2.37. The highest BCUT2D eigenvalue weighted by atomic mass is 32.2. The summed E-state index contributed by atoms with van der Waals surface area (Å²) in [6.45, 7) is -0.865. The second kappa shape index (κ2) is 8.01. The van der Waals surface area contributed by atoms with Crippen molar-refractivity contribution in [3.05, 3.63) is 59.7 Å². The molecule has 0 bridgehead atoms. The van der Waals surface area contributed by atoms with Gasteiger partial charge in [-0.05, 0) is 30.7 Å². The van der Waals surface area contributed by atoms with E-state index in [4.69, 9.17) is 0 Å². The molecule has 29 heavy (non-hydrogen) atoms. The Labute approximate surface area is 165 Å². The van der Waals surface area contributed by atoms with Gasteiger partial charge in [-0.3, -0.25) is 0 Å². The number of nitrogens with zero attached hydrogens (tertiary/aromatic N) is 2. The molecule has 6 nitrogen and oxygen atoms in total. The number of hydrogen-bond acceptors (Lipinski definition) is 4. The summed E-state index contributed by atoms with van der Waals surface area (Å²) in [7, 11) is -8.67. The minimum atomic E-state index is -4.33. The Morgan fingerprint density at radius 3 is 1.34 bits per heavy atom. The monoisotopic (exact) mass is 452 g/mol. The van der Waals surface area contributed by atoms with Gasteiger partial charge in [0.25, 0.3) is 0 Å². The van der Waals surface area contributed by atoms with E-state index < -0.39 is 53.1 Å². The van der Waals surface area contributed by atoms with E-state index in [0.29, 0.717) is 12.1 Å². The van der Waals surface area contributed by atoms with Crippen molar-refractivity contribution in [3.63, 3.8) is 0 Å². The average molecular weight is 452 g/mol. The van der Waals surface area contributed by atoms with Crippen LogP contribution in [0.4, 0.5) is 17.6 Å². The highest BCUT2D eigenvalue weighted by Gasteiger charge is 2.34. The SMILES string of the molecule is O=S(=O)(c1ccc(F)cc1F)N1CCCN(S(=O)(=O)c2ccc(F)cc2F)CC1. The van der Waals surface area contributed by atoms with Gasteiger partial charge in [0.15, 0.2) is 0 Å². The molecule has 0 amide bonds. The average Bonchev–Trinajstić information content (AvgIpc) is 2.88. The number of benzene rings is 2. The number of hydrogen-bond donors (Lipinski definition) is 0. The van der Waals surface area contributed by atoms with Crippen molar-refractivity contribution in [1.29, 1.82) is 0 Å². The Kier molecular flexibility index (Phi) is 5.99. The van der Waals surface area contributed by atoms with Crippen molar-refractivity contribution < 1.29 is 34.4 Å². The molecule has 0 unspecified atom stereocenters. The molecule has 0 aromatic heterocycles. The molecular formula is C17H16F4N2O4S2. The summed E-state index contributed by atoms with van der Waals surface area (Å²) in [6.07, 6.45) is 0.0596. The minimum Gasteiger partial charge on any atom is -0.207 e. The molecule has 2 aromatic carbocycles. The fourth-order valence-electron chi connectivity index (χ4n) is 3.00. The Morgan fingerprint density at radius 2 is 1.00 bits per heavy atom. The lowest BCUT2D eigenvalue weighted by molar-refractivity contribution is 0.400. The second-order valence-electron chi connectivity index (χ2n) is 6.31. The molecule has 1 aliphatic heterocycles. The lowest BCUT2D eigenvalue weighted by atomic mass is 10.3. The maximum atomic E-state index is 13.9. The first-order valence-corrected chi connectivity index (χ1v) is 11.3. The maximum absolute atomic E-state index is 13.9. The van der Waals surface area contributed by atoms with E-state index in [9.17, 15) is 34.4 Å². The van der Waals surface area contributed by atoms with Crippen LogP contribution in [0.5, 0.6) is 0 Å². The summed E-state index contributed by atoms with van der Waals surface area (Å²) in [5.74, 6) is -4.38. The molecule has 1 fully saturated rings. The molecule has 0 atom stereocenters.